The monoisotopic (exact) mass is 396 g/mol. The second-order valence-electron chi connectivity index (χ2n) is 3.44. The van der Waals surface area contributed by atoms with E-state index in [9.17, 15) is 8.76 Å². The Kier molecular flexibility index (Phi) is 23.6. The fourth-order valence-electron chi connectivity index (χ4n) is 0.780. The van der Waals surface area contributed by atoms with Gasteiger partial charge in [0, 0.05) is 38.3 Å². The molecule has 0 saturated heterocycles. The van der Waals surface area contributed by atoms with Gasteiger partial charge in [0.05, 0.1) is 16.5 Å². The van der Waals surface area contributed by atoms with E-state index in [1.165, 1.54) is 10.8 Å². The van der Waals surface area contributed by atoms with Crippen LogP contribution < -0.4 is 0 Å². The zero-order valence-corrected chi connectivity index (χ0v) is 16.8. The lowest BCUT2D eigenvalue weighted by atomic mass is 10.8. The molecule has 2 atom stereocenters. The fourth-order valence-corrected chi connectivity index (χ4v) is 4.89. The van der Waals surface area contributed by atoms with Gasteiger partial charge in [-0.25, -0.2) is 0 Å². The Balaban J connectivity index is 0. The molecule has 2 nitrogen and oxygen atoms in total. The first kappa shape index (κ1) is 24.5. The van der Waals surface area contributed by atoms with Crippen molar-refractivity contribution in [1.29, 1.82) is 0 Å². The molecule has 126 valence electrons. The lowest BCUT2D eigenvalue weighted by Gasteiger charge is -2.02. The number of rotatable bonds is 13. The van der Waals surface area contributed by atoms with Crippen molar-refractivity contribution in [2.45, 2.75) is 0 Å². The van der Waals surface area contributed by atoms with Crippen LogP contribution >= 0.6 is 32.4 Å². The smallest absolute Gasteiger partial charge is 0.135 e. The number of hydrogen-bond acceptors (Lipinski definition) is 5. The minimum absolute atomic E-state index is 0.568. The molecule has 0 aliphatic carbocycles. The van der Waals surface area contributed by atoms with E-state index in [1.54, 1.807) is 39.8 Å². The van der Waals surface area contributed by atoms with E-state index >= 15 is 0 Å². The van der Waals surface area contributed by atoms with Crippen molar-refractivity contribution < 1.29 is 8.76 Å². The van der Waals surface area contributed by atoms with Crippen LogP contribution in [0.1, 0.15) is 0 Å². The van der Waals surface area contributed by atoms with Crippen LogP contribution in [0.25, 0.3) is 0 Å². The Morgan fingerprint density at radius 1 is 1.00 bits per heavy atom. The SMILES string of the molecule is C=CCSSC=CCS(=O)CC=C.C=CCS[S+]([O-])CC=C. The third-order valence-electron chi connectivity index (χ3n) is 1.56. The summed E-state index contributed by atoms with van der Waals surface area (Å²) >= 11 is 0. The summed E-state index contributed by atoms with van der Waals surface area (Å²) in [5, 5.41) is 1.97. The Labute approximate surface area is 152 Å². The van der Waals surface area contributed by atoms with E-state index in [0.29, 0.717) is 17.3 Å². The van der Waals surface area contributed by atoms with Crippen molar-refractivity contribution in [2.75, 3.05) is 28.8 Å². The van der Waals surface area contributed by atoms with Crippen LogP contribution in [-0.4, -0.2) is 37.5 Å². The van der Waals surface area contributed by atoms with Crippen molar-refractivity contribution in [3.05, 3.63) is 62.1 Å². The number of hydrogen-bond donors (Lipinski definition) is 0. The molecule has 0 radical (unpaired) electrons. The average Bonchev–Trinajstić information content (AvgIpc) is 2.50. The van der Waals surface area contributed by atoms with Gasteiger partial charge in [0.25, 0.3) is 0 Å². The minimum atomic E-state index is -0.793. The largest absolute Gasteiger partial charge is 0.605 e. The van der Waals surface area contributed by atoms with E-state index in [2.05, 4.69) is 26.3 Å². The first-order valence-corrected chi connectivity index (χ1v) is 13.0. The molecule has 2 unspecified atom stereocenters. The normalized spacial score (nSPS) is 12.8. The molecule has 0 aromatic carbocycles. The van der Waals surface area contributed by atoms with E-state index in [4.69, 9.17) is 0 Å². The van der Waals surface area contributed by atoms with Crippen LogP contribution in [0.15, 0.2) is 62.1 Å². The van der Waals surface area contributed by atoms with Gasteiger partial charge in [-0.15, -0.1) is 19.7 Å². The van der Waals surface area contributed by atoms with Gasteiger partial charge in [-0.1, -0.05) is 52.5 Å². The third-order valence-corrected chi connectivity index (χ3v) is 7.44. The maximum absolute atomic E-state index is 11.1. The summed E-state index contributed by atoms with van der Waals surface area (Å²) in [4.78, 5) is 0. The molecule has 7 heteroatoms. The van der Waals surface area contributed by atoms with Gasteiger partial charge in [-0.3, -0.25) is 4.21 Å². The van der Waals surface area contributed by atoms with Crippen molar-refractivity contribution in [3.63, 3.8) is 0 Å². The van der Waals surface area contributed by atoms with Crippen LogP contribution in [0.2, 0.25) is 0 Å². The van der Waals surface area contributed by atoms with Crippen LogP contribution in [0.3, 0.4) is 0 Å². The summed E-state index contributed by atoms with van der Waals surface area (Å²) in [5.74, 6) is 3.45. The maximum Gasteiger partial charge on any atom is 0.135 e. The van der Waals surface area contributed by atoms with Gasteiger partial charge in [0.1, 0.15) is 5.75 Å². The highest BCUT2D eigenvalue weighted by Crippen LogP contribution is 2.21. The Hall–Kier alpha value is 0.210. The summed E-state index contributed by atoms with van der Waals surface area (Å²) < 4.78 is 21.8. The third kappa shape index (κ3) is 22.5. The highest BCUT2D eigenvalue weighted by molar-refractivity contribution is 8.77. The average molecular weight is 397 g/mol. The lowest BCUT2D eigenvalue weighted by Crippen LogP contribution is -1.97. The van der Waals surface area contributed by atoms with Crippen molar-refractivity contribution >= 4 is 53.4 Å². The molecule has 0 rings (SSSR count). The lowest BCUT2D eigenvalue weighted by molar-refractivity contribution is 0.612. The van der Waals surface area contributed by atoms with Crippen molar-refractivity contribution in [2.24, 2.45) is 0 Å². The first-order chi connectivity index (χ1) is 10.6. The zero-order chi connectivity index (χ0) is 17.1. The molecule has 0 saturated carbocycles. The van der Waals surface area contributed by atoms with E-state index < -0.39 is 21.0 Å². The second-order valence-corrected chi connectivity index (χ2v) is 10.6. The Bertz CT molecular complexity index is 356. The van der Waals surface area contributed by atoms with Gasteiger partial charge in [0.15, 0.2) is 0 Å². The molecule has 0 heterocycles. The van der Waals surface area contributed by atoms with E-state index in [0.717, 1.165) is 11.5 Å². The molecule has 22 heavy (non-hydrogen) atoms. The maximum atomic E-state index is 11.1. The molecule has 0 aromatic rings. The summed E-state index contributed by atoms with van der Waals surface area (Å²) in [6.45, 7) is 14.1. The molecule has 0 aliphatic heterocycles. The molecule has 0 aromatic heterocycles. The Morgan fingerprint density at radius 2 is 1.68 bits per heavy atom. The molecule has 0 amide bonds. The van der Waals surface area contributed by atoms with Crippen LogP contribution in [0.4, 0.5) is 0 Å². The fraction of sp³-hybridized carbons (Fsp3) is 0.333. The molecular weight excluding hydrogens is 372 g/mol. The molecule has 0 fully saturated rings. The predicted molar refractivity (Wildman–Crippen MR) is 113 cm³/mol. The minimum Gasteiger partial charge on any atom is -0.605 e. The van der Waals surface area contributed by atoms with Gasteiger partial charge in [-0.05, 0) is 11.5 Å². The van der Waals surface area contributed by atoms with E-state index in [-0.39, 0.29) is 0 Å². The van der Waals surface area contributed by atoms with Crippen LogP contribution in [0, 0.1) is 0 Å². The molecule has 0 N–H and O–H groups in total. The van der Waals surface area contributed by atoms with Gasteiger partial charge >= 0.3 is 0 Å². The second kappa shape index (κ2) is 21.2. The quantitative estimate of drug-likeness (QED) is 0.194. The van der Waals surface area contributed by atoms with Gasteiger partial charge < -0.3 is 4.55 Å². The highest BCUT2D eigenvalue weighted by atomic mass is 33.1. The molecule has 0 aliphatic rings. The summed E-state index contributed by atoms with van der Waals surface area (Å²) in [6.07, 6.45) is 8.88. The molecule has 0 bridgehead atoms. The zero-order valence-electron chi connectivity index (χ0n) is 12.7. The summed E-state index contributed by atoms with van der Waals surface area (Å²) in [6, 6.07) is 0. The summed E-state index contributed by atoms with van der Waals surface area (Å²) in [5.41, 5.74) is 0. The van der Waals surface area contributed by atoms with Gasteiger partial charge in [-0.2, -0.15) is 0 Å². The Morgan fingerprint density at radius 3 is 2.23 bits per heavy atom. The van der Waals surface area contributed by atoms with Crippen molar-refractivity contribution in [3.8, 4) is 0 Å². The molecular formula is C15H24O2S5. The van der Waals surface area contributed by atoms with Crippen LogP contribution in [-0.2, 0) is 21.0 Å². The van der Waals surface area contributed by atoms with E-state index in [1.807, 2.05) is 17.6 Å². The van der Waals surface area contributed by atoms with Crippen molar-refractivity contribution in [1.82, 2.24) is 0 Å². The standard InChI is InChI=1S/C9H14OS3.C6H10OS2/c1-3-6-11-12-7-5-9-13(10)8-4-2;1-3-5-8-9(7)6-4-2/h3-5,7H,1-2,6,8-9H2;3-4H,1-2,5-6H2. The highest BCUT2D eigenvalue weighted by Gasteiger charge is 2.01. The topological polar surface area (TPSA) is 40.1 Å². The molecule has 0 spiro atoms. The summed E-state index contributed by atoms with van der Waals surface area (Å²) in [7, 11) is 3.17. The van der Waals surface area contributed by atoms with Crippen LogP contribution in [0.5, 0.6) is 0 Å². The van der Waals surface area contributed by atoms with Gasteiger partial charge in [0.2, 0.25) is 0 Å². The predicted octanol–water partition coefficient (Wildman–Crippen LogP) is 4.76. The first-order valence-electron chi connectivity index (χ1n) is 6.35.